The zero-order valence-electron chi connectivity index (χ0n) is 13.6. The number of carbonyl (C=O) groups excluding carboxylic acids is 1. The minimum atomic E-state index is -0.336. The van der Waals surface area contributed by atoms with Gasteiger partial charge in [-0.05, 0) is 61.0 Å². The molecule has 0 saturated carbocycles. The number of hydrogen-bond acceptors (Lipinski definition) is 2. The van der Waals surface area contributed by atoms with Crippen LogP contribution in [0.3, 0.4) is 0 Å². The fourth-order valence-corrected chi connectivity index (χ4v) is 2.38. The van der Waals surface area contributed by atoms with Crippen molar-refractivity contribution in [1.82, 2.24) is 0 Å². The first-order chi connectivity index (χ1) is 12.1. The molecule has 0 heterocycles. The molecule has 0 atom stereocenters. The summed E-state index contributed by atoms with van der Waals surface area (Å²) in [6.45, 7) is 1.91. The van der Waals surface area contributed by atoms with Crippen molar-refractivity contribution in [3.63, 3.8) is 0 Å². The molecule has 25 heavy (non-hydrogen) atoms. The summed E-state index contributed by atoms with van der Waals surface area (Å²) in [5.41, 5.74) is 2.26. The molecular formula is C20H17ClN2O2. The molecular weight excluding hydrogens is 336 g/mol. The van der Waals surface area contributed by atoms with E-state index in [-0.39, 0.29) is 6.03 Å². The highest BCUT2D eigenvalue weighted by atomic mass is 35.5. The van der Waals surface area contributed by atoms with Crippen molar-refractivity contribution in [1.29, 1.82) is 0 Å². The molecule has 2 N–H and O–H groups in total. The number of anilines is 2. The molecule has 2 amide bonds. The Morgan fingerprint density at radius 1 is 0.840 bits per heavy atom. The molecule has 0 aliphatic carbocycles. The highest BCUT2D eigenvalue weighted by molar-refractivity contribution is 6.31. The predicted molar refractivity (Wildman–Crippen MR) is 102 cm³/mol. The van der Waals surface area contributed by atoms with E-state index in [4.69, 9.17) is 16.3 Å². The molecule has 0 bridgehead atoms. The number of carbonyl (C=O) groups is 1. The maximum absolute atomic E-state index is 12.1. The minimum Gasteiger partial charge on any atom is -0.457 e. The zero-order chi connectivity index (χ0) is 17.6. The van der Waals surface area contributed by atoms with Gasteiger partial charge in [0.2, 0.25) is 0 Å². The lowest BCUT2D eigenvalue weighted by molar-refractivity contribution is 0.262. The first-order valence-electron chi connectivity index (χ1n) is 7.77. The lowest BCUT2D eigenvalue weighted by Crippen LogP contribution is -2.19. The van der Waals surface area contributed by atoms with Gasteiger partial charge < -0.3 is 15.4 Å². The fraction of sp³-hybridized carbons (Fsp3) is 0.0500. The molecule has 4 nitrogen and oxygen atoms in total. The zero-order valence-corrected chi connectivity index (χ0v) is 14.4. The maximum atomic E-state index is 12.1. The second-order valence-corrected chi connectivity index (χ2v) is 5.89. The number of urea groups is 1. The van der Waals surface area contributed by atoms with Crippen molar-refractivity contribution in [2.45, 2.75) is 6.92 Å². The van der Waals surface area contributed by atoms with Gasteiger partial charge in [0.05, 0.1) is 0 Å². The van der Waals surface area contributed by atoms with Crippen LogP contribution < -0.4 is 15.4 Å². The largest absolute Gasteiger partial charge is 0.457 e. The number of halogens is 1. The maximum Gasteiger partial charge on any atom is 0.323 e. The number of aryl methyl sites for hydroxylation is 1. The molecule has 0 aliphatic heterocycles. The number of amides is 2. The van der Waals surface area contributed by atoms with Gasteiger partial charge in [-0.1, -0.05) is 35.9 Å². The molecule has 3 rings (SSSR count). The Labute approximate surface area is 151 Å². The van der Waals surface area contributed by atoms with Gasteiger partial charge >= 0.3 is 6.03 Å². The Balaban J connectivity index is 1.59. The van der Waals surface area contributed by atoms with Gasteiger partial charge in [0.25, 0.3) is 0 Å². The first kappa shape index (κ1) is 16.9. The molecule has 0 fully saturated rings. The summed E-state index contributed by atoms with van der Waals surface area (Å²) in [5, 5.41) is 6.13. The van der Waals surface area contributed by atoms with E-state index in [1.54, 1.807) is 36.4 Å². The molecule has 0 radical (unpaired) electrons. The summed E-state index contributed by atoms with van der Waals surface area (Å²) in [6, 6.07) is 21.7. The molecule has 5 heteroatoms. The second kappa shape index (κ2) is 7.73. The smallest absolute Gasteiger partial charge is 0.323 e. The Hall–Kier alpha value is -2.98. The summed E-state index contributed by atoms with van der Waals surface area (Å²) >= 11 is 6.06. The van der Waals surface area contributed by atoms with Crippen molar-refractivity contribution >= 4 is 29.0 Å². The molecule has 0 unspecified atom stereocenters. The topological polar surface area (TPSA) is 50.4 Å². The van der Waals surface area contributed by atoms with Gasteiger partial charge in [0.15, 0.2) is 0 Å². The van der Waals surface area contributed by atoms with E-state index in [9.17, 15) is 4.79 Å². The van der Waals surface area contributed by atoms with Crippen molar-refractivity contribution < 1.29 is 9.53 Å². The van der Waals surface area contributed by atoms with E-state index < -0.39 is 0 Å². The van der Waals surface area contributed by atoms with E-state index in [2.05, 4.69) is 10.6 Å². The summed E-state index contributed by atoms with van der Waals surface area (Å²) in [5.74, 6) is 1.46. The van der Waals surface area contributed by atoms with Crippen LogP contribution in [0.5, 0.6) is 11.5 Å². The lowest BCUT2D eigenvalue weighted by atomic mass is 10.2. The lowest BCUT2D eigenvalue weighted by Gasteiger charge is -2.10. The van der Waals surface area contributed by atoms with Crippen molar-refractivity contribution in [2.75, 3.05) is 10.6 Å². The summed E-state index contributed by atoms with van der Waals surface area (Å²) in [7, 11) is 0. The van der Waals surface area contributed by atoms with Crippen molar-refractivity contribution in [3.8, 4) is 11.5 Å². The van der Waals surface area contributed by atoms with Crippen LogP contribution in [0.25, 0.3) is 0 Å². The number of rotatable bonds is 4. The van der Waals surface area contributed by atoms with Crippen LogP contribution in [0.1, 0.15) is 5.56 Å². The first-order valence-corrected chi connectivity index (χ1v) is 8.15. The van der Waals surface area contributed by atoms with Crippen LogP contribution in [-0.4, -0.2) is 6.03 Å². The molecule has 126 valence electrons. The highest BCUT2D eigenvalue weighted by Crippen LogP contribution is 2.23. The molecule has 3 aromatic carbocycles. The highest BCUT2D eigenvalue weighted by Gasteiger charge is 2.05. The normalized spacial score (nSPS) is 10.2. The average Bonchev–Trinajstić information content (AvgIpc) is 2.61. The number of benzene rings is 3. The van der Waals surface area contributed by atoms with E-state index >= 15 is 0 Å². The van der Waals surface area contributed by atoms with Crippen LogP contribution in [0.2, 0.25) is 5.02 Å². The summed E-state index contributed by atoms with van der Waals surface area (Å²) < 4.78 is 5.72. The van der Waals surface area contributed by atoms with Crippen LogP contribution in [0.4, 0.5) is 16.2 Å². The average molecular weight is 353 g/mol. The van der Waals surface area contributed by atoms with Crippen LogP contribution in [0.15, 0.2) is 72.8 Å². The van der Waals surface area contributed by atoms with E-state index in [0.29, 0.717) is 22.1 Å². The Morgan fingerprint density at radius 2 is 1.44 bits per heavy atom. The molecule has 3 aromatic rings. The molecule has 0 aliphatic rings. The third kappa shape index (κ3) is 4.75. The number of hydrogen-bond donors (Lipinski definition) is 2. The monoisotopic (exact) mass is 352 g/mol. The van der Waals surface area contributed by atoms with E-state index in [1.165, 1.54) is 0 Å². The number of nitrogens with one attached hydrogen (secondary N) is 2. The summed E-state index contributed by atoms with van der Waals surface area (Å²) in [6.07, 6.45) is 0. The van der Waals surface area contributed by atoms with Crippen molar-refractivity contribution in [2.24, 2.45) is 0 Å². The van der Waals surface area contributed by atoms with Gasteiger partial charge in [0, 0.05) is 16.4 Å². The van der Waals surface area contributed by atoms with Crippen LogP contribution in [-0.2, 0) is 0 Å². The molecule has 0 aromatic heterocycles. The SMILES string of the molecule is Cc1ccc(NC(=O)Nc2ccc(Oc3ccccc3)cc2)cc1Cl. The van der Waals surface area contributed by atoms with Gasteiger partial charge in [-0.25, -0.2) is 4.79 Å². The van der Waals surface area contributed by atoms with Crippen molar-refractivity contribution in [3.05, 3.63) is 83.4 Å². The predicted octanol–water partition coefficient (Wildman–Crippen LogP) is 6.08. The van der Waals surface area contributed by atoms with Gasteiger partial charge in [0.1, 0.15) is 11.5 Å². The number of ether oxygens (including phenoxy) is 1. The fourth-order valence-electron chi connectivity index (χ4n) is 2.19. The Bertz CT molecular complexity index is 865. The Kier molecular flexibility index (Phi) is 5.21. The van der Waals surface area contributed by atoms with Gasteiger partial charge in [-0.3, -0.25) is 0 Å². The van der Waals surface area contributed by atoms with E-state index in [1.807, 2.05) is 43.3 Å². The third-order valence-corrected chi connectivity index (χ3v) is 3.93. The molecule has 0 spiro atoms. The van der Waals surface area contributed by atoms with Gasteiger partial charge in [-0.2, -0.15) is 0 Å². The van der Waals surface area contributed by atoms with Gasteiger partial charge in [-0.15, -0.1) is 0 Å². The molecule has 0 saturated heterocycles. The van der Waals surface area contributed by atoms with Crippen LogP contribution in [0, 0.1) is 6.92 Å². The quantitative estimate of drug-likeness (QED) is 0.597. The summed E-state index contributed by atoms with van der Waals surface area (Å²) in [4.78, 5) is 12.1. The second-order valence-electron chi connectivity index (χ2n) is 5.48. The third-order valence-electron chi connectivity index (χ3n) is 3.52. The Morgan fingerprint density at radius 3 is 2.12 bits per heavy atom. The minimum absolute atomic E-state index is 0.336. The standard InChI is InChI=1S/C20H17ClN2O2/c1-14-7-8-16(13-19(14)21)23-20(24)22-15-9-11-18(12-10-15)25-17-5-3-2-4-6-17/h2-13H,1H3,(H2,22,23,24). The van der Waals surface area contributed by atoms with Crippen LogP contribution >= 0.6 is 11.6 Å². The number of para-hydroxylation sites is 1. The van der Waals surface area contributed by atoms with E-state index in [0.717, 1.165) is 11.3 Å².